The molecular weight excluding hydrogens is 354 g/mol. The van der Waals surface area contributed by atoms with Crippen molar-refractivity contribution < 1.29 is 31.1 Å². The number of alkyl halides is 6. The SMILES string of the molecule is Cn1cc(C(=O)NCCc2ccc(C(F)(F)F)nc2)c(C(F)(F)F)n1. The Hall–Kier alpha value is -2.59. The third-order valence-corrected chi connectivity index (χ3v) is 3.16. The van der Waals surface area contributed by atoms with Gasteiger partial charge in [-0.25, -0.2) is 0 Å². The first-order valence-electron chi connectivity index (χ1n) is 6.89. The van der Waals surface area contributed by atoms with Gasteiger partial charge in [-0.1, -0.05) is 6.07 Å². The first-order chi connectivity index (χ1) is 11.5. The number of carbonyl (C=O) groups is 1. The molecule has 0 aliphatic carbocycles. The van der Waals surface area contributed by atoms with Crippen LogP contribution in [0.25, 0.3) is 0 Å². The van der Waals surface area contributed by atoms with Crippen molar-refractivity contribution in [1.82, 2.24) is 20.1 Å². The number of hydrogen-bond donors (Lipinski definition) is 1. The van der Waals surface area contributed by atoms with Crippen LogP contribution in [0.1, 0.15) is 27.3 Å². The van der Waals surface area contributed by atoms with Gasteiger partial charge in [-0.05, 0) is 18.1 Å². The normalized spacial score (nSPS) is 12.3. The van der Waals surface area contributed by atoms with E-state index in [0.717, 1.165) is 23.1 Å². The van der Waals surface area contributed by atoms with Crippen molar-refractivity contribution in [3.05, 3.63) is 47.0 Å². The molecule has 2 aromatic heterocycles. The molecule has 0 aliphatic heterocycles. The van der Waals surface area contributed by atoms with Crippen LogP contribution in [0.15, 0.2) is 24.5 Å². The van der Waals surface area contributed by atoms with E-state index >= 15 is 0 Å². The van der Waals surface area contributed by atoms with Gasteiger partial charge in [0.2, 0.25) is 0 Å². The maximum atomic E-state index is 12.8. The molecule has 5 nitrogen and oxygen atoms in total. The lowest BCUT2D eigenvalue weighted by molar-refractivity contribution is -0.142. The summed E-state index contributed by atoms with van der Waals surface area (Å²) in [6, 6.07) is 1.98. The predicted octanol–water partition coefficient (Wildman–Crippen LogP) is 2.83. The van der Waals surface area contributed by atoms with Crippen molar-refractivity contribution in [3.63, 3.8) is 0 Å². The van der Waals surface area contributed by atoms with Crippen molar-refractivity contribution in [2.45, 2.75) is 18.8 Å². The van der Waals surface area contributed by atoms with Crippen LogP contribution in [0, 0.1) is 0 Å². The van der Waals surface area contributed by atoms with E-state index in [1.54, 1.807) is 0 Å². The van der Waals surface area contributed by atoms with E-state index in [1.807, 2.05) is 0 Å². The Kier molecular flexibility index (Phi) is 5.04. The number of rotatable bonds is 4. The fourth-order valence-corrected chi connectivity index (χ4v) is 2.02. The van der Waals surface area contributed by atoms with Gasteiger partial charge in [-0.15, -0.1) is 0 Å². The molecule has 0 radical (unpaired) electrons. The summed E-state index contributed by atoms with van der Waals surface area (Å²) >= 11 is 0. The summed E-state index contributed by atoms with van der Waals surface area (Å²) in [5.41, 5.74) is -2.58. The number of hydrogen-bond acceptors (Lipinski definition) is 3. The summed E-state index contributed by atoms with van der Waals surface area (Å²) in [5, 5.41) is 5.49. The Morgan fingerprint density at radius 2 is 1.84 bits per heavy atom. The van der Waals surface area contributed by atoms with E-state index < -0.39 is 35.2 Å². The van der Waals surface area contributed by atoms with Gasteiger partial charge in [0.05, 0.1) is 5.56 Å². The van der Waals surface area contributed by atoms with Crippen LogP contribution in [0.4, 0.5) is 26.3 Å². The molecule has 1 amide bonds. The molecule has 0 saturated carbocycles. The van der Waals surface area contributed by atoms with Crippen LogP contribution in [0.5, 0.6) is 0 Å². The minimum atomic E-state index is -4.77. The van der Waals surface area contributed by atoms with Crippen molar-refractivity contribution in [1.29, 1.82) is 0 Å². The number of nitrogens with one attached hydrogen (secondary N) is 1. The number of amides is 1. The monoisotopic (exact) mass is 366 g/mol. The third kappa shape index (κ3) is 4.70. The van der Waals surface area contributed by atoms with Crippen LogP contribution in [-0.2, 0) is 25.8 Å². The third-order valence-electron chi connectivity index (χ3n) is 3.16. The smallest absolute Gasteiger partial charge is 0.352 e. The molecule has 2 heterocycles. The van der Waals surface area contributed by atoms with Gasteiger partial charge < -0.3 is 5.32 Å². The van der Waals surface area contributed by atoms with Crippen molar-refractivity contribution in [3.8, 4) is 0 Å². The zero-order valence-corrected chi connectivity index (χ0v) is 12.7. The standard InChI is InChI=1S/C14H12F6N4O/c1-24-7-9(11(23-24)14(18,19)20)12(25)21-5-4-8-2-3-10(22-6-8)13(15,16)17/h2-3,6-7H,4-5H2,1H3,(H,21,25). The lowest BCUT2D eigenvalue weighted by atomic mass is 10.2. The van der Waals surface area contributed by atoms with Crippen LogP contribution in [0.3, 0.4) is 0 Å². The maximum absolute atomic E-state index is 12.8. The summed E-state index contributed by atoms with van der Waals surface area (Å²) in [7, 11) is 1.25. The second-order valence-electron chi connectivity index (χ2n) is 5.12. The first-order valence-corrected chi connectivity index (χ1v) is 6.89. The largest absolute Gasteiger partial charge is 0.435 e. The van der Waals surface area contributed by atoms with E-state index in [0.29, 0.717) is 5.56 Å². The highest BCUT2D eigenvalue weighted by molar-refractivity contribution is 5.95. The Morgan fingerprint density at radius 1 is 1.16 bits per heavy atom. The molecule has 0 atom stereocenters. The molecule has 11 heteroatoms. The lowest BCUT2D eigenvalue weighted by Crippen LogP contribution is -2.27. The van der Waals surface area contributed by atoms with Gasteiger partial charge in [0.1, 0.15) is 5.69 Å². The molecule has 0 unspecified atom stereocenters. The Bertz CT molecular complexity index is 748. The second-order valence-corrected chi connectivity index (χ2v) is 5.12. The molecular formula is C14H12F6N4O. The van der Waals surface area contributed by atoms with Crippen LogP contribution in [-0.4, -0.2) is 27.2 Å². The fourth-order valence-electron chi connectivity index (χ4n) is 2.02. The number of aryl methyl sites for hydroxylation is 1. The van der Waals surface area contributed by atoms with Gasteiger partial charge in [0.15, 0.2) is 5.69 Å². The quantitative estimate of drug-likeness (QED) is 0.847. The van der Waals surface area contributed by atoms with E-state index in [9.17, 15) is 31.1 Å². The van der Waals surface area contributed by atoms with E-state index in [2.05, 4.69) is 15.4 Å². The molecule has 0 bridgehead atoms. The van der Waals surface area contributed by atoms with Crippen molar-refractivity contribution in [2.24, 2.45) is 7.05 Å². The molecule has 136 valence electrons. The average Bonchev–Trinajstić information content (AvgIpc) is 2.89. The summed E-state index contributed by atoms with van der Waals surface area (Å²) in [6.07, 6.45) is -7.27. The topological polar surface area (TPSA) is 59.8 Å². The van der Waals surface area contributed by atoms with E-state index in [-0.39, 0.29) is 13.0 Å². The highest BCUT2D eigenvalue weighted by atomic mass is 19.4. The minimum Gasteiger partial charge on any atom is -0.352 e. The van der Waals surface area contributed by atoms with Crippen LogP contribution in [0.2, 0.25) is 0 Å². The molecule has 25 heavy (non-hydrogen) atoms. The van der Waals surface area contributed by atoms with Gasteiger partial charge in [-0.3, -0.25) is 14.5 Å². The molecule has 0 aliphatic rings. The maximum Gasteiger partial charge on any atom is 0.435 e. The molecule has 0 spiro atoms. The summed E-state index contributed by atoms with van der Waals surface area (Å²) < 4.78 is 76.4. The predicted molar refractivity (Wildman–Crippen MR) is 73.5 cm³/mol. The van der Waals surface area contributed by atoms with Gasteiger partial charge >= 0.3 is 12.4 Å². The lowest BCUT2D eigenvalue weighted by Gasteiger charge is -2.08. The molecule has 0 fully saturated rings. The van der Waals surface area contributed by atoms with Crippen LogP contribution >= 0.6 is 0 Å². The number of carbonyl (C=O) groups excluding carboxylic acids is 1. The van der Waals surface area contributed by atoms with Gasteiger partial charge in [0, 0.05) is 26.0 Å². The fraction of sp³-hybridized carbons (Fsp3) is 0.357. The zero-order valence-electron chi connectivity index (χ0n) is 12.7. The average molecular weight is 366 g/mol. The highest BCUT2D eigenvalue weighted by Gasteiger charge is 2.38. The summed E-state index contributed by atoms with van der Waals surface area (Å²) in [4.78, 5) is 15.1. The second kappa shape index (κ2) is 6.73. The highest BCUT2D eigenvalue weighted by Crippen LogP contribution is 2.30. The first kappa shape index (κ1) is 18.7. The molecule has 0 saturated heterocycles. The van der Waals surface area contributed by atoms with Gasteiger partial charge in [-0.2, -0.15) is 31.4 Å². The van der Waals surface area contributed by atoms with E-state index in [4.69, 9.17) is 0 Å². The number of halogens is 6. The zero-order chi connectivity index (χ0) is 18.8. The summed E-state index contributed by atoms with van der Waals surface area (Å²) in [6.45, 7) is -0.0714. The van der Waals surface area contributed by atoms with E-state index in [1.165, 1.54) is 13.1 Å². The Labute approximate surface area is 137 Å². The molecule has 2 aromatic rings. The van der Waals surface area contributed by atoms with Crippen molar-refractivity contribution in [2.75, 3.05) is 6.54 Å². The van der Waals surface area contributed by atoms with Crippen LogP contribution < -0.4 is 5.32 Å². The number of nitrogens with zero attached hydrogens (tertiary/aromatic N) is 3. The van der Waals surface area contributed by atoms with Crippen molar-refractivity contribution >= 4 is 5.91 Å². The van der Waals surface area contributed by atoms with Gasteiger partial charge in [0.25, 0.3) is 5.91 Å². The minimum absolute atomic E-state index is 0.0714. The number of pyridine rings is 1. The molecule has 1 N–H and O–H groups in total. The molecule has 2 rings (SSSR count). The number of aromatic nitrogens is 3. The Balaban J connectivity index is 1.97. The Morgan fingerprint density at radius 3 is 2.36 bits per heavy atom. The summed E-state index contributed by atoms with van der Waals surface area (Å²) in [5.74, 6) is -0.972. The molecule has 0 aromatic carbocycles.